The molecule has 1 atom stereocenters. The number of hydrogen-bond acceptors (Lipinski definition) is 5. The first-order chi connectivity index (χ1) is 13.1. The van der Waals surface area contributed by atoms with Crippen LogP contribution in [0.4, 0.5) is 10.5 Å². The summed E-state index contributed by atoms with van der Waals surface area (Å²) in [4.78, 5) is 26.7. The van der Waals surface area contributed by atoms with Crippen LogP contribution in [0.5, 0.6) is 5.75 Å². The lowest BCUT2D eigenvalue weighted by Crippen LogP contribution is -2.47. The number of ether oxygens (including phenoxy) is 2. The van der Waals surface area contributed by atoms with Gasteiger partial charge in [0.15, 0.2) is 0 Å². The highest BCUT2D eigenvalue weighted by Crippen LogP contribution is 2.34. The molecule has 0 aliphatic heterocycles. The summed E-state index contributed by atoms with van der Waals surface area (Å²) in [5.74, 6) is -0.423. The number of nitrogens with zero attached hydrogens (tertiary/aromatic N) is 1. The number of esters is 1. The van der Waals surface area contributed by atoms with E-state index in [1.54, 1.807) is 65.0 Å². The van der Waals surface area contributed by atoms with Gasteiger partial charge in [-0.15, -0.1) is 0 Å². The molecule has 1 N–H and O–H groups in total. The van der Waals surface area contributed by atoms with Crippen LogP contribution in [0.1, 0.15) is 34.6 Å². The molecule has 0 radical (unpaired) electrons. The van der Waals surface area contributed by atoms with Crippen LogP contribution < -0.4 is 4.90 Å². The lowest BCUT2D eigenvalue weighted by molar-refractivity contribution is -0.144. The normalized spacial score (nSPS) is 12.2. The average molecular weight is 385 g/mol. The second-order valence-electron chi connectivity index (χ2n) is 7.35. The predicted molar refractivity (Wildman–Crippen MR) is 108 cm³/mol. The van der Waals surface area contributed by atoms with Crippen molar-refractivity contribution in [2.24, 2.45) is 0 Å². The molecule has 6 nitrogen and oxygen atoms in total. The minimum absolute atomic E-state index is 0.106. The lowest BCUT2D eigenvalue weighted by atomic mass is 10.0. The SMILES string of the molecule is CCOC(=O)[C@H](C)N(C(=O)OC(C)(C)C)c1ccccc1-c1cccc(O)c1. The number of aromatic hydroxyl groups is 1. The Morgan fingerprint density at radius 3 is 2.39 bits per heavy atom. The Balaban J connectivity index is 2.57. The molecule has 0 aliphatic rings. The van der Waals surface area contributed by atoms with Gasteiger partial charge in [0.25, 0.3) is 0 Å². The molecule has 2 aromatic rings. The second kappa shape index (κ2) is 8.78. The zero-order chi connectivity index (χ0) is 20.9. The number of phenols is 1. The van der Waals surface area contributed by atoms with Crippen molar-refractivity contribution in [1.29, 1.82) is 0 Å². The predicted octanol–water partition coefficient (Wildman–Crippen LogP) is 4.75. The lowest BCUT2D eigenvalue weighted by Gasteiger charge is -2.32. The molecule has 0 unspecified atom stereocenters. The molecule has 6 heteroatoms. The van der Waals surface area contributed by atoms with Crippen LogP contribution in [0.2, 0.25) is 0 Å². The number of para-hydroxylation sites is 1. The van der Waals surface area contributed by atoms with Crippen molar-refractivity contribution >= 4 is 17.7 Å². The van der Waals surface area contributed by atoms with Crippen LogP contribution in [-0.2, 0) is 14.3 Å². The first-order valence-corrected chi connectivity index (χ1v) is 9.21. The third-order valence-electron chi connectivity index (χ3n) is 3.93. The van der Waals surface area contributed by atoms with Crippen LogP contribution in [0.25, 0.3) is 11.1 Å². The highest BCUT2D eigenvalue weighted by Gasteiger charge is 2.33. The number of benzene rings is 2. The highest BCUT2D eigenvalue weighted by atomic mass is 16.6. The van der Waals surface area contributed by atoms with Crippen molar-refractivity contribution < 1.29 is 24.2 Å². The van der Waals surface area contributed by atoms with Gasteiger partial charge >= 0.3 is 12.1 Å². The molecule has 0 bridgehead atoms. The van der Waals surface area contributed by atoms with E-state index in [4.69, 9.17) is 9.47 Å². The van der Waals surface area contributed by atoms with Crippen LogP contribution in [-0.4, -0.2) is 35.4 Å². The summed E-state index contributed by atoms with van der Waals surface area (Å²) in [6.07, 6.45) is -0.652. The minimum Gasteiger partial charge on any atom is -0.508 e. The van der Waals surface area contributed by atoms with Crippen LogP contribution in [0.3, 0.4) is 0 Å². The van der Waals surface area contributed by atoms with Gasteiger partial charge in [-0.3, -0.25) is 4.90 Å². The van der Waals surface area contributed by atoms with E-state index in [1.165, 1.54) is 4.90 Å². The van der Waals surface area contributed by atoms with Gasteiger partial charge in [-0.1, -0.05) is 30.3 Å². The molecule has 28 heavy (non-hydrogen) atoms. The number of amides is 1. The quantitative estimate of drug-likeness (QED) is 0.752. The molecule has 0 aromatic heterocycles. The van der Waals surface area contributed by atoms with Crippen molar-refractivity contribution in [1.82, 2.24) is 0 Å². The van der Waals surface area contributed by atoms with E-state index >= 15 is 0 Å². The molecule has 0 saturated heterocycles. The molecular formula is C22H27NO5. The number of rotatable bonds is 5. The summed E-state index contributed by atoms with van der Waals surface area (Å²) < 4.78 is 10.7. The molecule has 150 valence electrons. The Bertz CT molecular complexity index is 841. The van der Waals surface area contributed by atoms with Gasteiger partial charge in [0.05, 0.1) is 12.3 Å². The third-order valence-corrected chi connectivity index (χ3v) is 3.93. The zero-order valence-electron chi connectivity index (χ0n) is 16.9. The minimum atomic E-state index is -0.895. The van der Waals surface area contributed by atoms with Gasteiger partial charge in [0, 0.05) is 5.56 Å². The molecular weight excluding hydrogens is 358 g/mol. The van der Waals surface area contributed by atoms with Crippen LogP contribution >= 0.6 is 0 Å². The standard InChI is InChI=1S/C22H27NO5/c1-6-27-20(25)15(2)23(21(26)28-22(3,4)5)19-13-8-7-12-18(19)16-10-9-11-17(24)14-16/h7-15,24H,6H2,1-5H3/t15-/m0/s1. The van der Waals surface area contributed by atoms with Crippen LogP contribution in [0, 0.1) is 0 Å². The second-order valence-corrected chi connectivity index (χ2v) is 7.35. The summed E-state index contributed by atoms with van der Waals surface area (Å²) >= 11 is 0. The third kappa shape index (κ3) is 5.25. The fourth-order valence-corrected chi connectivity index (χ4v) is 2.75. The van der Waals surface area contributed by atoms with Crippen molar-refractivity contribution in [3.8, 4) is 16.9 Å². The number of carbonyl (C=O) groups is 2. The molecule has 2 rings (SSSR count). The molecule has 1 amide bonds. The first kappa shape index (κ1) is 21.3. The molecule has 2 aromatic carbocycles. The molecule has 0 aliphatic carbocycles. The molecule has 0 spiro atoms. The summed E-state index contributed by atoms with van der Waals surface area (Å²) in [6, 6.07) is 13.0. The molecule has 0 saturated carbocycles. The number of anilines is 1. The van der Waals surface area contributed by atoms with E-state index in [9.17, 15) is 14.7 Å². The van der Waals surface area contributed by atoms with E-state index in [0.717, 1.165) is 0 Å². The topological polar surface area (TPSA) is 76.1 Å². The maximum atomic E-state index is 13.0. The van der Waals surface area contributed by atoms with E-state index in [-0.39, 0.29) is 12.4 Å². The fourth-order valence-electron chi connectivity index (χ4n) is 2.75. The molecule has 0 heterocycles. The smallest absolute Gasteiger partial charge is 0.415 e. The van der Waals surface area contributed by atoms with E-state index in [1.807, 2.05) is 18.2 Å². The summed E-state index contributed by atoms with van der Waals surface area (Å²) in [5, 5.41) is 9.85. The average Bonchev–Trinajstić information content (AvgIpc) is 2.61. The number of carbonyl (C=O) groups excluding carboxylic acids is 2. The number of phenolic OH excluding ortho intramolecular Hbond substituents is 1. The summed E-state index contributed by atoms with van der Waals surface area (Å²) in [7, 11) is 0. The summed E-state index contributed by atoms with van der Waals surface area (Å²) in [5.41, 5.74) is 1.15. The van der Waals surface area contributed by atoms with E-state index in [2.05, 4.69) is 0 Å². The zero-order valence-corrected chi connectivity index (χ0v) is 16.9. The largest absolute Gasteiger partial charge is 0.508 e. The Kier molecular flexibility index (Phi) is 6.67. The van der Waals surface area contributed by atoms with Crippen LogP contribution in [0.15, 0.2) is 48.5 Å². The van der Waals surface area contributed by atoms with Gasteiger partial charge in [0.2, 0.25) is 0 Å². The van der Waals surface area contributed by atoms with Gasteiger partial charge in [-0.05, 0) is 58.4 Å². The van der Waals surface area contributed by atoms with E-state index < -0.39 is 23.7 Å². The van der Waals surface area contributed by atoms with Crippen molar-refractivity contribution in [2.75, 3.05) is 11.5 Å². The van der Waals surface area contributed by atoms with Gasteiger partial charge < -0.3 is 14.6 Å². The Hall–Kier alpha value is -3.02. The van der Waals surface area contributed by atoms with Gasteiger partial charge in [-0.2, -0.15) is 0 Å². The van der Waals surface area contributed by atoms with Gasteiger partial charge in [0.1, 0.15) is 17.4 Å². The van der Waals surface area contributed by atoms with Crippen molar-refractivity contribution in [3.05, 3.63) is 48.5 Å². The maximum Gasteiger partial charge on any atom is 0.415 e. The number of hydrogen-bond donors (Lipinski definition) is 1. The van der Waals surface area contributed by atoms with Crippen molar-refractivity contribution in [3.63, 3.8) is 0 Å². The van der Waals surface area contributed by atoms with Gasteiger partial charge in [-0.25, -0.2) is 9.59 Å². The Morgan fingerprint density at radius 2 is 1.79 bits per heavy atom. The first-order valence-electron chi connectivity index (χ1n) is 9.21. The fraction of sp³-hybridized carbons (Fsp3) is 0.364. The Labute approximate surface area is 165 Å². The highest BCUT2D eigenvalue weighted by molar-refractivity contribution is 5.99. The molecule has 0 fully saturated rings. The van der Waals surface area contributed by atoms with E-state index in [0.29, 0.717) is 16.8 Å². The maximum absolute atomic E-state index is 13.0. The van der Waals surface area contributed by atoms with Crippen molar-refractivity contribution in [2.45, 2.75) is 46.3 Å². The monoisotopic (exact) mass is 385 g/mol. The summed E-state index contributed by atoms with van der Waals surface area (Å²) in [6.45, 7) is 8.81. The Morgan fingerprint density at radius 1 is 1.11 bits per heavy atom.